The molecule has 0 saturated carbocycles. The highest BCUT2D eigenvalue weighted by Gasteiger charge is 2.37. The molecule has 0 aromatic carbocycles. The van der Waals surface area contributed by atoms with Gasteiger partial charge in [-0.05, 0) is 13.8 Å². The number of carbonyl (C=O) groups is 1. The first-order valence-electron chi connectivity index (χ1n) is 6.06. The number of hydrogen-bond donors (Lipinski definition) is 1. The van der Waals surface area contributed by atoms with Crippen LogP contribution in [0.25, 0.3) is 0 Å². The largest absolute Gasteiger partial charge is 0.367 e. The Kier molecular flexibility index (Phi) is 3.41. The van der Waals surface area contributed by atoms with Gasteiger partial charge in [0.15, 0.2) is 5.60 Å². The molecule has 2 heterocycles. The van der Waals surface area contributed by atoms with Gasteiger partial charge in [-0.15, -0.1) is 0 Å². The molecule has 1 unspecified atom stereocenters. The van der Waals surface area contributed by atoms with Crippen molar-refractivity contribution in [2.45, 2.75) is 26.0 Å². The second-order valence-electron chi connectivity index (χ2n) is 5.07. The van der Waals surface area contributed by atoms with Gasteiger partial charge in [-0.3, -0.25) is 14.4 Å². The number of hydrogen-bond acceptors (Lipinski definition) is 4. The molecule has 0 aliphatic carbocycles. The number of nitrogens with zero attached hydrogens (tertiary/aromatic N) is 3. The number of morpholine rings is 1. The van der Waals surface area contributed by atoms with E-state index in [1.54, 1.807) is 11.6 Å². The average Bonchev–Trinajstić information content (AvgIpc) is 2.57. The molecule has 1 saturated heterocycles. The Labute approximate surface area is 107 Å². The van der Waals surface area contributed by atoms with E-state index in [1.165, 1.54) is 5.56 Å². The van der Waals surface area contributed by atoms with Crippen LogP contribution in [0.5, 0.6) is 0 Å². The molecule has 100 valence electrons. The Hall–Kier alpha value is -1.40. The predicted molar refractivity (Wildman–Crippen MR) is 66.8 cm³/mol. The molecule has 1 fully saturated rings. The minimum absolute atomic E-state index is 0.407. The Morgan fingerprint density at radius 2 is 2.39 bits per heavy atom. The number of ether oxygens (including phenoxy) is 1. The maximum atomic E-state index is 11.4. The minimum atomic E-state index is -0.881. The molecule has 18 heavy (non-hydrogen) atoms. The van der Waals surface area contributed by atoms with Crippen LogP contribution in [0.15, 0.2) is 6.20 Å². The van der Waals surface area contributed by atoms with Crippen LogP contribution in [0, 0.1) is 6.92 Å². The van der Waals surface area contributed by atoms with Crippen LogP contribution < -0.4 is 5.73 Å². The molecule has 1 aliphatic rings. The Morgan fingerprint density at radius 1 is 1.67 bits per heavy atom. The zero-order chi connectivity index (χ0) is 13.3. The van der Waals surface area contributed by atoms with Crippen molar-refractivity contribution in [1.82, 2.24) is 14.7 Å². The van der Waals surface area contributed by atoms with Crippen LogP contribution in [0.3, 0.4) is 0 Å². The van der Waals surface area contributed by atoms with E-state index in [9.17, 15) is 4.79 Å². The highest BCUT2D eigenvalue weighted by atomic mass is 16.5. The lowest BCUT2D eigenvalue weighted by Crippen LogP contribution is -2.56. The van der Waals surface area contributed by atoms with E-state index in [-0.39, 0.29) is 0 Å². The number of amides is 1. The molecular formula is C12H20N4O2. The molecule has 6 nitrogen and oxygen atoms in total. The van der Waals surface area contributed by atoms with Gasteiger partial charge in [0.2, 0.25) is 0 Å². The monoisotopic (exact) mass is 252 g/mol. The Morgan fingerprint density at radius 3 is 2.94 bits per heavy atom. The van der Waals surface area contributed by atoms with Crippen LogP contribution >= 0.6 is 0 Å². The number of rotatable bonds is 3. The fourth-order valence-corrected chi connectivity index (χ4v) is 2.28. The van der Waals surface area contributed by atoms with Crippen LogP contribution in [0.2, 0.25) is 0 Å². The van der Waals surface area contributed by atoms with Crippen LogP contribution in [-0.4, -0.2) is 45.9 Å². The molecule has 1 aliphatic heterocycles. The van der Waals surface area contributed by atoms with E-state index in [4.69, 9.17) is 10.5 Å². The first-order valence-corrected chi connectivity index (χ1v) is 6.06. The van der Waals surface area contributed by atoms with Gasteiger partial charge >= 0.3 is 0 Å². The Balaban J connectivity index is 2.06. The summed E-state index contributed by atoms with van der Waals surface area (Å²) >= 11 is 0. The number of primary amides is 1. The summed E-state index contributed by atoms with van der Waals surface area (Å²) in [6, 6.07) is 0. The third-order valence-electron chi connectivity index (χ3n) is 3.38. The quantitative estimate of drug-likeness (QED) is 0.809. The van der Waals surface area contributed by atoms with Crippen molar-refractivity contribution in [3.05, 3.63) is 17.5 Å². The van der Waals surface area contributed by atoms with E-state index >= 15 is 0 Å². The van der Waals surface area contributed by atoms with Gasteiger partial charge in [0.25, 0.3) is 5.91 Å². The van der Waals surface area contributed by atoms with E-state index in [0.29, 0.717) is 13.2 Å². The summed E-state index contributed by atoms with van der Waals surface area (Å²) in [4.78, 5) is 13.6. The van der Waals surface area contributed by atoms with Crippen molar-refractivity contribution in [2.75, 3.05) is 19.7 Å². The van der Waals surface area contributed by atoms with Crippen molar-refractivity contribution in [3.63, 3.8) is 0 Å². The molecule has 2 N–H and O–H groups in total. The number of aromatic nitrogens is 2. The zero-order valence-electron chi connectivity index (χ0n) is 11.1. The molecule has 1 aromatic rings. The van der Waals surface area contributed by atoms with Crippen molar-refractivity contribution < 1.29 is 9.53 Å². The van der Waals surface area contributed by atoms with Crippen molar-refractivity contribution in [2.24, 2.45) is 12.8 Å². The summed E-state index contributed by atoms with van der Waals surface area (Å²) in [6.45, 7) is 6.36. The summed E-state index contributed by atoms with van der Waals surface area (Å²) in [6.07, 6.45) is 2.01. The lowest BCUT2D eigenvalue weighted by Gasteiger charge is -2.38. The molecule has 0 spiro atoms. The van der Waals surface area contributed by atoms with E-state index in [0.717, 1.165) is 18.8 Å². The predicted octanol–water partition coefficient (Wildman–Crippen LogP) is -0.195. The van der Waals surface area contributed by atoms with Gasteiger partial charge in [0, 0.05) is 38.4 Å². The van der Waals surface area contributed by atoms with Crippen molar-refractivity contribution in [1.29, 1.82) is 0 Å². The minimum Gasteiger partial charge on any atom is -0.367 e. The summed E-state index contributed by atoms with van der Waals surface area (Å²) in [5.74, 6) is -0.407. The van der Waals surface area contributed by atoms with Crippen molar-refractivity contribution >= 4 is 5.91 Å². The van der Waals surface area contributed by atoms with Crippen LogP contribution in [0.4, 0.5) is 0 Å². The summed E-state index contributed by atoms with van der Waals surface area (Å²) < 4.78 is 7.30. The third-order valence-corrected chi connectivity index (χ3v) is 3.38. The molecule has 0 bridgehead atoms. The fraction of sp³-hybridized carbons (Fsp3) is 0.667. The highest BCUT2D eigenvalue weighted by molar-refractivity contribution is 5.83. The Bertz CT molecular complexity index is 457. The van der Waals surface area contributed by atoms with E-state index in [1.807, 2.05) is 20.2 Å². The normalized spacial score (nSPS) is 25.3. The summed E-state index contributed by atoms with van der Waals surface area (Å²) in [7, 11) is 1.91. The second kappa shape index (κ2) is 4.70. The van der Waals surface area contributed by atoms with Gasteiger partial charge < -0.3 is 10.5 Å². The van der Waals surface area contributed by atoms with Crippen molar-refractivity contribution in [3.8, 4) is 0 Å². The van der Waals surface area contributed by atoms with Crippen LogP contribution in [0.1, 0.15) is 18.2 Å². The first kappa shape index (κ1) is 13.0. The molecule has 6 heteroatoms. The number of aryl methyl sites for hydroxylation is 2. The van der Waals surface area contributed by atoms with Crippen LogP contribution in [-0.2, 0) is 23.1 Å². The summed E-state index contributed by atoms with van der Waals surface area (Å²) in [5, 5.41) is 4.32. The maximum Gasteiger partial charge on any atom is 0.250 e. The molecular weight excluding hydrogens is 232 g/mol. The lowest BCUT2D eigenvalue weighted by atomic mass is 10.0. The molecule has 2 rings (SSSR count). The molecule has 1 aromatic heterocycles. The fourth-order valence-electron chi connectivity index (χ4n) is 2.28. The second-order valence-corrected chi connectivity index (χ2v) is 5.07. The summed E-state index contributed by atoms with van der Waals surface area (Å²) in [5.41, 5.74) is 6.69. The topological polar surface area (TPSA) is 73.4 Å². The maximum absolute atomic E-state index is 11.4. The van der Waals surface area contributed by atoms with Gasteiger partial charge in [0.1, 0.15) is 0 Å². The number of carbonyl (C=O) groups excluding carboxylic acids is 1. The van der Waals surface area contributed by atoms with Gasteiger partial charge in [0.05, 0.1) is 12.3 Å². The van der Waals surface area contributed by atoms with Gasteiger partial charge in [-0.25, -0.2) is 0 Å². The third kappa shape index (κ3) is 2.54. The van der Waals surface area contributed by atoms with Gasteiger partial charge in [-0.2, -0.15) is 5.10 Å². The molecule has 1 atom stereocenters. The molecule has 0 radical (unpaired) electrons. The molecule has 1 amide bonds. The number of nitrogens with two attached hydrogens (primary N) is 1. The average molecular weight is 252 g/mol. The first-order chi connectivity index (χ1) is 8.40. The van der Waals surface area contributed by atoms with Gasteiger partial charge in [-0.1, -0.05) is 0 Å². The standard InChI is InChI=1S/C12H20N4O2/c1-9-10(6-15(3)14-9)7-16-4-5-18-12(2,8-16)11(13)17/h6H,4-5,7-8H2,1-3H3,(H2,13,17). The SMILES string of the molecule is Cc1nn(C)cc1CN1CCOC(C)(C(N)=O)C1. The highest BCUT2D eigenvalue weighted by Crippen LogP contribution is 2.19. The lowest BCUT2D eigenvalue weighted by molar-refractivity contribution is -0.153. The van der Waals surface area contributed by atoms with E-state index in [2.05, 4.69) is 10.00 Å². The smallest absolute Gasteiger partial charge is 0.250 e. The zero-order valence-corrected chi connectivity index (χ0v) is 11.1. The van der Waals surface area contributed by atoms with E-state index < -0.39 is 11.5 Å².